The van der Waals surface area contributed by atoms with Crippen LogP contribution in [0.5, 0.6) is 0 Å². The molecule has 3 rings (SSSR count). The maximum absolute atomic E-state index is 13.1. The molecular formula is C13H13FN6OS. The fraction of sp³-hybridized carbons (Fsp3) is 0.231. The van der Waals surface area contributed by atoms with Crippen LogP contribution in [-0.2, 0) is 11.3 Å². The zero-order valence-electron chi connectivity index (χ0n) is 11.7. The first-order chi connectivity index (χ1) is 10.6. The second kappa shape index (κ2) is 6.14. The first-order valence-electron chi connectivity index (χ1n) is 6.48. The standard InChI is InChI=1S/C13H13FN6OS/c1-20(12(21)6-22-13-15-7-16-19-13)5-11-17-9-3-2-8(14)4-10(9)18-11/h2-4,7H,5-6H2,1H3,(H,17,18)(H,15,16,19). The molecule has 3 aromatic rings. The number of carbonyl (C=O) groups excluding carboxylic acids is 1. The Labute approximate surface area is 129 Å². The van der Waals surface area contributed by atoms with Crippen LogP contribution in [-0.4, -0.2) is 48.8 Å². The lowest BCUT2D eigenvalue weighted by Crippen LogP contribution is -2.28. The van der Waals surface area contributed by atoms with E-state index in [0.29, 0.717) is 28.6 Å². The minimum absolute atomic E-state index is 0.0620. The number of halogens is 1. The third kappa shape index (κ3) is 3.25. The Morgan fingerprint density at radius 3 is 3.09 bits per heavy atom. The van der Waals surface area contributed by atoms with Crippen LogP contribution in [0, 0.1) is 5.82 Å². The molecule has 0 bridgehead atoms. The average Bonchev–Trinajstić information content (AvgIpc) is 3.12. The van der Waals surface area contributed by atoms with Gasteiger partial charge >= 0.3 is 0 Å². The van der Waals surface area contributed by atoms with Crippen molar-refractivity contribution in [2.45, 2.75) is 11.7 Å². The first-order valence-corrected chi connectivity index (χ1v) is 7.46. The highest BCUT2D eigenvalue weighted by Gasteiger charge is 2.13. The Hall–Kier alpha value is -2.42. The van der Waals surface area contributed by atoms with Gasteiger partial charge < -0.3 is 9.88 Å². The Balaban J connectivity index is 1.61. The summed E-state index contributed by atoms with van der Waals surface area (Å²) in [7, 11) is 1.69. The van der Waals surface area contributed by atoms with Crippen LogP contribution >= 0.6 is 11.8 Å². The van der Waals surface area contributed by atoms with Crippen LogP contribution in [0.3, 0.4) is 0 Å². The van der Waals surface area contributed by atoms with E-state index in [1.807, 2.05) is 0 Å². The molecule has 2 N–H and O–H groups in total. The number of hydrogen-bond acceptors (Lipinski definition) is 5. The van der Waals surface area contributed by atoms with E-state index >= 15 is 0 Å². The summed E-state index contributed by atoms with van der Waals surface area (Å²) in [6, 6.07) is 4.34. The molecule has 2 aromatic heterocycles. The van der Waals surface area contributed by atoms with E-state index in [0.717, 1.165) is 0 Å². The number of fused-ring (bicyclic) bond motifs is 1. The number of aromatic nitrogens is 5. The maximum Gasteiger partial charge on any atom is 0.233 e. The topological polar surface area (TPSA) is 90.6 Å². The molecule has 0 radical (unpaired) electrons. The van der Waals surface area contributed by atoms with Gasteiger partial charge in [-0.05, 0) is 18.2 Å². The Morgan fingerprint density at radius 1 is 1.45 bits per heavy atom. The van der Waals surface area contributed by atoms with E-state index in [2.05, 4.69) is 25.1 Å². The number of thioether (sulfide) groups is 1. The Bertz CT molecular complexity index is 787. The summed E-state index contributed by atoms with van der Waals surface area (Å²) >= 11 is 1.28. The lowest BCUT2D eigenvalue weighted by Gasteiger charge is -2.14. The van der Waals surface area contributed by atoms with Gasteiger partial charge in [-0.2, -0.15) is 5.10 Å². The fourth-order valence-corrected chi connectivity index (χ4v) is 2.65. The number of imidazole rings is 1. The molecule has 0 aliphatic heterocycles. The van der Waals surface area contributed by atoms with Gasteiger partial charge in [0.1, 0.15) is 18.0 Å². The number of H-pyrrole nitrogens is 2. The van der Waals surface area contributed by atoms with Crippen molar-refractivity contribution in [1.29, 1.82) is 0 Å². The molecule has 0 fully saturated rings. The molecule has 0 aliphatic carbocycles. The van der Waals surface area contributed by atoms with Crippen molar-refractivity contribution in [3.05, 3.63) is 36.2 Å². The number of rotatable bonds is 5. The number of nitrogens with one attached hydrogen (secondary N) is 2. The van der Waals surface area contributed by atoms with Crippen molar-refractivity contribution in [2.24, 2.45) is 0 Å². The molecule has 9 heteroatoms. The molecule has 0 saturated carbocycles. The minimum atomic E-state index is -0.324. The zero-order chi connectivity index (χ0) is 15.5. The van der Waals surface area contributed by atoms with Crippen molar-refractivity contribution in [1.82, 2.24) is 30.0 Å². The van der Waals surface area contributed by atoms with Crippen LogP contribution in [0.2, 0.25) is 0 Å². The summed E-state index contributed by atoms with van der Waals surface area (Å²) in [4.78, 5) is 24.9. The second-order valence-electron chi connectivity index (χ2n) is 4.67. The van der Waals surface area contributed by atoms with Gasteiger partial charge in [0.25, 0.3) is 0 Å². The summed E-state index contributed by atoms with van der Waals surface area (Å²) in [5.41, 5.74) is 1.29. The summed E-state index contributed by atoms with van der Waals surface area (Å²) in [5.74, 6) is 0.477. The molecule has 2 heterocycles. The average molecular weight is 320 g/mol. The van der Waals surface area contributed by atoms with E-state index in [4.69, 9.17) is 0 Å². The van der Waals surface area contributed by atoms with Crippen LogP contribution < -0.4 is 0 Å². The third-order valence-electron chi connectivity index (χ3n) is 3.03. The molecule has 0 spiro atoms. The molecule has 1 aromatic carbocycles. The highest BCUT2D eigenvalue weighted by atomic mass is 32.2. The van der Waals surface area contributed by atoms with Gasteiger partial charge in [-0.15, -0.1) is 0 Å². The number of benzene rings is 1. The molecule has 0 atom stereocenters. The van der Waals surface area contributed by atoms with Gasteiger partial charge in [-0.3, -0.25) is 9.89 Å². The monoisotopic (exact) mass is 320 g/mol. The van der Waals surface area contributed by atoms with Crippen LogP contribution in [0.15, 0.2) is 29.7 Å². The zero-order valence-corrected chi connectivity index (χ0v) is 12.5. The SMILES string of the molecule is CN(Cc1nc2ccc(F)cc2[nH]1)C(=O)CSc1ncn[nH]1. The van der Waals surface area contributed by atoms with E-state index in [-0.39, 0.29) is 17.5 Å². The lowest BCUT2D eigenvalue weighted by molar-refractivity contribution is -0.127. The molecule has 1 amide bonds. The predicted octanol–water partition coefficient (Wildman–Crippen LogP) is 1.57. The highest BCUT2D eigenvalue weighted by Crippen LogP contribution is 2.15. The van der Waals surface area contributed by atoms with Crippen molar-refractivity contribution in [3.8, 4) is 0 Å². The van der Waals surface area contributed by atoms with E-state index in [9.17, 15) is 9.18 Å². The van der Waals surface area contributed by atoms with Crippen LogP contribution in [0.4, 0.5) is 4.39 Å². The summed E-state index contributed by atoms with van der Waals surface area (Å²) in [5, 5.41) is 7.00. The fourth-order valence-electron chi connectivity index (χ4n) is 1.93. The Morgan fingerprint density at radius 2 is 2.32 bits per heavy atom. The van der Waals surface area contributed by atoms with E-state index in [1.54, 1.807) is 18.0 Å². The number of aromatic amines is 2. The van der Waals surface area contributed by atoms with Crippen LogP contribution in [0.25, 0.3) is 11.0 Å². The summed E-state index contributed by atoms with van der Waals surface area (Å²) < 4.78 is 13.1. The van der Waals surface area contributed by atoms with Gasteiger partial charge in [0.15, 0.2) is 5.16 Å². The predicted molar refractivity (Wildman–Crippen MR) is 79.6 cm³/mol. The highest BCUT2D eigenvalue weighted by molar-refractivity contribution is 7.99. The maximum atomic E-state index is 13.1. The largest absolute Gasteiger partial charge is 0.340 e. The lowest BCUT2D eigenvalue weighted by atomic mass is 10.3. The third-order valence-corrected chi connectivity index (χ3v) is 3.89. The second-order valence-corrected chi connectivity index (χ2v) is 5.64. The summed E-state index contributed by atoms with van der Waals surface area (Å²) in [6.45, 7) is 0.325. The minimum Gasteiger partial charge on any atom is -0.340 e. The Kier molecular flexibility index (Phi) is 4.05. The van der Waals surface area contributed by atoms with Crippen molar-refractivity contribution < 1.29 is 9.18 Å². The number of amides is 1. The molecule has 114 valence electrons. The number of hydrogen-bond donors (Lipinski definition) is 2. The van der Waals surface area contributed by atoms with Crippen molar-refractivity contribution in [2.75, 3.05) is 12.8 Å². The molecule has 22 heavy (non-hydrogen) atoms. The van der Waals surface area contributed by atoms with Crippen molar-refractivity contribution >= 4 is 28.7 Å². The molecule has 0 aliphatic rings. The van der Waals surface area contributed by atoms with Crippen molar-refractivity contribution in [3.63, 3.8) is 0 Å². The molecular weight excluding hydrogens is 307 g/mol. The molecule has 7 nitrogen and oxygen atoms in total. The van der Waals surface area contributed by atoms with E-state index in [1.165, 1.54) is 30.2 Å². The quantitative estimate of drug-likeness (QED) is 0.696. The number of carbonyl (C=O) groups is 1. The first kappa shape index (κ1) is 14.5. The number of nitrogens with zero attached hydrogens (tertiary/aromatic N) is 4. The van der Waals surface area contributed by atoms with E-state index < -0.39 is 0 Å². The molecule has 0 unspecified atom stereocenters. The summed E-state index contributed by atoms with van der Waals surface area (Å²) in [6.07, 6.45) is 1.39. The van der Waals surface area contributed by atoms with Gasteiger partial charge in [0, 0.05) is 7.05 Å². The van der Waals surface area contributed by atoms with Gasteiger partial charge in [0.05, 0.1) is 23.3 Å². The van der Waals surface area contributed by atoms with Gasteiger partial charge in [0.2, 0.25) is 5.91 Å². The van der Waals surface area contributed by atoms with Crippen LogP contribution in [0.1, 0.15) is 5.82 Å². The smallest absolute Gasteiger partial charge is 0.233 e. The molecule has 0 saturated heterocycles. The van der Waals surface area contributed by atoms with Gasteiger partial charge in [-0.1, -0.05) is 11.8 Å². The van der Waals surface area contributed by atoms with Gasteiger partial charge in [-0.25, -0.2) is 14.4 Å². The normalized spacial score (nSPS) is 11.0.